The summed E-state index contributed by atoms with van der Waals surface area (Å²) in [4.78, 5) is 24.3. The Hall–Kier alpha value is -1.18. The predicted molar refractivity (Wildman–Crippen MR) is 74.6 cm³/mol. The van der Waals surface area contributed by atoms with Crippen molar-refractivity contribution in [1.82, 2.24) is 15.5 Å². The van der Waals surface area contributed by atoms with Crippen molar-refractivity contribution in [3.63, 3.8) is 0 Å². The van der Waals surface area contributed by atoms with Crippen LogP contribution in [0.4, 0.5) is 0 Å². The van der Waals surface area contributed by atoms with Gasteiger partial charge in [0.2, 0.25) is 5.91 Å². The van der Waals surface area contributed by atoms with E-state index in [9.17, 15) is 9.59 Å². The van der Waals surface area contributed by atoms with Crippen LogP contribution in [0.5, 0.6) is 0 Å². The lowest BCUT2D eigenvalue weighted by Gasteiger charge is -2.32. The van der Waals surface area contributed by atoms with Crippen molar-refractivity contribution < 1.29 is 19.4 Å². The molecule has 1 heterocycles. The molecule has 1 aliphatic heterocycles. The van der Waals surface area contributed by atoms with Crippen LogP contribution in [0.15, 0.2) is 0 Å². The third-order valence-corrected chi connectivity index (χ3v) is 3.31. The molecule has 0 aromatic carbocycles. The van der Waals surface area contributed by atoms with Crippen molar-refractivity contribution in [3.05, 3.63) is 0 Å². The van der Waals surface area contributed by atoms with Crippen molar-refractivity contribution in [2.45, 2.75) is 12.8 Å². The van der Waals surface area contributed by atoms with Crippen LogP contribution >= 0.6 is 0 Å². The summed E-state index contributed by atoms with van der Waals surface area (Å²) in [7, 11) is 1.60. The lowest BCUT2D eigenvalue weighted by Crippen LogP contribution is -2.45. The number of ether oxygens (including phenoxy) is 1. The van der Waals surface area contributed by atoms with Gasteiger partial charge < -0.3 is 20.5 Å². The Morgan fingerprint density at radius 3 is 2.95 bits per heavy atom. The Morgan fingerprint density at radius 2 is 2.25 bits per heavy atom. The third kappa shape index (κ3) is 7.42. The smallest absolute Gasteiger partial charge is 0.317 e. The first-order chi connectivity index (χ1) is 9.61. The molecule has 1 amide bonds. The fraction of sp³-hybridized carbons (Fsp3) is 0.846. The zero-order chi connectivity index (χ0) is 14.8. The number of aliphatic carboxylic acids is 1. The van der Waals surface area contributed by atoms with E-state index in [-0.39, 0.29) is 12.5 Å². The standard InChI is InChI=1S/C13H25N3O4/c1-20-6-4-15-12(17)10-16-5-2-3-11(9-16)7-14-8-13(18)19/h11,14H,2-10H2,1H3,(H,15,17)(H,18,19). The second-order valence-electron chi connectivity index (χ2n) is 5.11. The van der Waals surface area contributed by atoms with Crippen molar-refractivity contribution >= 4 is 11.9 Å². The van der Waals surface area contributed by atoms with Crippen molar-refractivity contribution in [3.8, 4) is 0 Å². The number of nitrogens with zero attached hydrogens (tertiary/aromatic N) is 1. The van der Waals surface area contributed by atoms with E-state index in [2.05, 4.69) is 15.5 Å². The van der Waals surface area contributed by atoms with Gasteiger partial charge in [-0.25, -0.2) is 0 Å². The Kier molecular flexibility index (Phi) is 8.17. The lowest BCUT2D eigenvalue weighted by atomic mass is 9.98. The van der Waals surface area contributed by atoms with Crippen molar-refractivity contribution in [2.75, 3.05) is 53.0 Å². The molecule has 1 atom stereocenters. The Bertz CT molecular complexity index is 312. The van der Waals surface area contributed by atoms with Crippen LogP contribution in [0, 0.1) is 5.92 Å². The van der Waals surface area contributed by atoms with Crippen LogP contribution in [0.25, 0.3) is 0 Å². The van der Waals surface area contributed by atoms with E-state index >= 15 is 0 Å². The van der Waals surface area contributed by atoms with Gasteiger partial charge in [-0.05, 0) is 31.8 Å². The Morgan fingerprint density at radius 1 is 1.45 bits per heavy atom. The minimum atomic E-state index is -0.838. The number of amides is 1. The molecular formula is C13H25N3O4. The highest BCUT2D eigenvalue weighted by molar-refractivity contribution is 5.78. The summed E-state index contributed by atoms with van der Waals surface area (Å²) in [5, 5.41) is 14.3. The minimum absolute atomic E-state index is 0.00595. The molecule has 1 unspecified atom stereocenters. The van der Waals surface area contributed by atoms with E-state index in [0.29, 0.717) is 32.2 Å². The highest BCUT2D eigenvalue weighted by atomic mass is 16.5. The average Bonchev–Trinajstić information content (AvgIpc) is 2.39. The third-order valence-electron chi connectivity index (χ3n) is 3.31. The van der Waals surface area contributed by atoms with E-state index < -0.39 is 5.97 Å². The summed E-state index contributed by atoms with van der Waals surface area (Å²) in [5.41, 5.74) is 0. The van der Waals surface area contributed by atoms with Crippen molar-refractivity contribution in [1.29, 1.82) is 0 Å². The topological polar surface area (TPSA) is 90.9 Å². The number of carbonyl (C=O) groups excluding carboxylic acids is 1. The molecule has 1 fully saturated rings. The Labute approximate surface area is 119 Å². The van der Waals surface area contributed by atoms with Crippen LogP contribution in [0.2, 0.25) is 0 Å². The molecule has 1 aliphatic rings. The van der Waals surface area contributed by atoms with Crippen LogP contribution in [0.1, 0.15) is 12.8 Å². The van der Waals surface area contributed by atoms with E-state index in [0.717, 1.165) is 25.9 Å². The van der Waals surface area contributed by atoms with E-state index in [1.165, 1.54) is 0 Å². The number of methoxy groups -OCH3 is 1. The van der Waals surface area contributed by atoms with Crippen LogP contribution in [-0.4, -0.2) is 74.9 Å². The van der Waals surface area contributed by atoms with Gasteiger partial charge in [0.25, 0.3) is 0 Å². The molecule has 116 valence electrons. The van der Waals surface area contributed by atoms with Crippen LogP contribution < -0.4 is 10.6 Å². The molecule has 0 spiro atoms. The molecule has 0 radical (unpaired) electrons. The molecule has 0 aromatic rings. The summed E-state index contributed by atoms with van der Waals surface area (Å²) in [6.45, 7) is 3.90. The van der Waals surface area contributed by atoms with Gasteiger partial charge in [-0.1, -0.05) is 0 Å². The first kappa shape index (κ1) is 16.9. The van der Waals surface area contributed by atoms with E-state index in [1.54, 1.807) is 7.11 Å². The quantitative estimate of drug-likeness (QED) is 0.478. The predicted octanol–water partition coefficient (Wildman–Crippen LogP) is -0.865. The zero-order valence-electron chi connectivity index (χ0n) is 12.1. The summed E-state index contributed by atoms with van der Waals surface area (Å²) >= 11 is 0. The fourth-order valence-corrected chi connectivity index (χ4v) is 2.40. The van der Waals surface area contributed by atoms with E-state index in [1.807, 2.05) is 0 Å². The maximum absolute atomic E-state index is 11.7. The SMILES string of the molecule is COCCNC(=O)CN1CCCC(CNCC(=O)O)C1. The number of hydrogen-bond donors (Lipinski definition) is 3. The molecule has 1 saturated heterocycles. The maximum atomic E-state index is 11.7. The van der Waals surface area contributed by atoms with Crippen LogP contribution in [0.3, 0.4) is 0 Å². The number of rotatable bonds is 9. The molecule has 1 rings (SSSR count). The number of carbonyl (C=O) groups is 2. The molecule has 3 N–H and O–H groups in total. The summed E-state index contributed by atoms with van der Waals surface area (Å²) < 4.78 is 4.88. The molecule has 7 heteroatoms. The molecule has 0 aliphatic carbocycles. The van der Waals surface area contributed by atoms with Gasteiger partial charge in [0.05, 0.1) is 19.7 Å². The monoisotopic (exact) mass is 287 g/mol. The number of nitrogens with one attached hydrogen (secondary N) is 2. The molecule has 20 heavy (non-hydrogen) atoms. The number of carboxylic acid groups (broad SMARTS) is 1. The average molecular weight is 287 g/mol. The number of piperidine rings is 1. The number of likely N-dealkylation sites (tertiary alicyclic amines) is 1. The van der Waals surface area contributed by atoms with Crippen LogP contribution in [-0.2, 0) is 14.3 Å². The first-order valence-electron chi connectivity index (χ1n) is 7.02. The van der Waals surface area contributed by atoms with E-state index in [4.69, 9.17) is 9.84 Å². The van der Waals surface area contributed by atoms with Gasteiger partial charge >= 0.3 is 5.97 Å². The zero-order valence-corrected chi connectivity index (χ0v) is 12.1. The second kappa shape index (κ2) is 9.68. The highest BCUT2D eigenvalue weighted by Crippen LogP contribution is 2.15. The number of carboxylic acids is 1. The molecule has 0 aromatic heterocycles. The first-order valence-corrected chi connectivity index (χ1v) is 7.02. The number of hydrogen-bond acceptors (Lipinski definition) is 5. The van der Waals surface area contributed by atoms with Gasteiger partial charge in [0, 0.05) is 20.2 Å². The van der Waals surface area contributed by atoms with Crippen molar-refractivity contribution in [2.24, 2.45) is 5.92 Å². The van der Waals surface area contributed by atoms with Gasteiger partial charge in [-0.3, -0.25) is 14.5 Å². The minimum Gasteiger partial charge on any atom is -0.480 e. The maximum Gasteiger partial charge on any atom is 0.317 e. The summed E-state index contributed by atoms with van der Waals surface area (Å²) in [6.07, 6.45) is 2.12. The van der Waals surface area contributed by atoms with Gasteiger partial charge in [0.1, 0.15) is 0 Å². The lowest BCUT2D eigenvalue weighted by molar-refractivity contribution is -0.136. The normalized spacial score (nSPS) is 19.8. The molecule has 0 saturated carbocycles. The largest absolute Gasteiger partial charge is 0.480 e. The molecule has 0 bridgehead atoms. The van der Waals surface area contributed by atoms with Gasteiger partial charge in [-0.15, -0.1) is 0 Å². The van der Waals surface area contributed by atoms with Gasteiger partial charge in [0.15, 0.2) is 0 Å². The van der Waals surface area contributed by atoms with Gasteiger partial charge in [-0.2, -0.15) is 0 Å². The molecular weight excluding hydrogens is 262 g/mol. The molecule has 7 nitrogen and oxygen atoms in total. The Balaban J connectivity index is 2.19. The summed E-state index contributed by atoms with van der Waals surface area (Å²) in [5.74, 6) is -0.411. The fourth-order valence-electron chi connectivity index (χ4n) is 2.40. The summed E-state index contributed by atoms with van der Waals surface area (Å²) in [6, 6.07) is 0. The second-order valence-corrected chi connectivity index (χ2v) is 5.11. The highest BCUT2D eigenvalue weighted by Gasteiger charge is 2.21.